The number of aromatic nitrogens is 2. The molecule has 8 heteroatoms. The van der Waals surface area contributed by atoms with E-state index in [0.29, 0.717) is 18.5 Å². The first-order chi connectivity index (χ1) is 13.5. The molecule has 1 aromatic carbocycles. The van der Waals surface area contributed by atoms with E-state index in [1.54, 1.807) is 6.20 Å². The molecule has 7 nitrogen and oxygen atoms in total. The second-order valence-electron chi connectivity index (χ2n) is 7.28. The van der Waals surface area contributed by atoms with Gasteiger partial charge < -0.3 is 20.9 Å². The molecule has 0 saturated heterocycles. The van der Waals surface area contributed by atoms with Gasteiger partial charge in [-0.05, 0) is 49.4 Å². The van der Waals surface area contributed by atoms with Gasteiger partial charge in [0.15, 0.2) is 0 Å². The van der Waals surface area contributed by atoms with E-state index in [9.17, 15) is 4.79 Å². The van der Waals surface area contributed by atoms with Gasteiger partial charge in [0.2, 0.25) is 5.95 Å². The standard InChI is InChI=1S/C20H27BrN6O/c1-27(2)18-11-12-22-19(26-18)24-16-7-9-17(10-8-16)25-20(28)23-13-14-3-5-15(21)6-4-14/h3-6,11-12,16-17H,7-10,13H2,1-2H3,(H,22,24,26)(H2,23,25,28)/t16-,17+. The van der Waals surface area contributed by atoms with Crippen molar-refractivity contribution in [1.82, 2.24) is 20.6 Å². The van der Waals surface area contributed by atoms with Gasteiger partial charge >= 0.3 is 6.03 Å². The summed E-state index contributed by atoms with van der Waals surface area (Å²) in [4.78, 5) is 22.9. The Morgan fingerprint density at radius 3 is 2.46 bits per heavy atom. The van der Waals surface area contributed by atoms with Crippen molar-refractivity contribution in [2.75, 3.05) is 24.3 Å². The number of amides is 2. The number of nitrogens with one attached hydrogen (secondary N) is 3. The second kappa shape index (κ2) is 9.73. The Morgan fingerprint density at radius 2 is 1.79 bits per heavy atom. The van der Waals surface area contributed by atoms with Crippen molar-refractivity contribution in [3.63, 3.8) is 0 Å². The summed E-state index contributed by atoms with van der Waals surface area (Å²) in [5, 5.41) is 9.43. The molecule has 1 heterocycles. The Morgan fingerprint density at radius 1 is 1.11 bits per heavy atom. The van der Waals surface area contributed by atoms with Crippen LogP contribution in [-0.4, -0.2) is 42.2 Å². The molecular weight excluding hydrogens is 420 g/mol. The fourth-order valence-electron chi connectivity index (χ4n) is 3.25. The van der Waals surface area contributed by atoms with E-state index < -0.39 is 0 Å². The number of anilines is 2. The molecule has 0 atom stereocenters. The molecule has 0 radical (unpaired) electrons. The van der Waals surface area contributed by atoms with Crippen LogP contribution in [0.4, 0.5) is 16.6 Å². The summed E-state index contributed by atoms with van der Waals surface area (Å²) in [5.74, 6) is 1.55. The van der Waals surface area contributed by atoms with Crippen molar-refractivity contribution in [2.24, 2.45) is 0 Å². The van der Waals surface area contributed by atoms with E-state index >= 15 is 0 Å². The number of nitrogens with zero attached hydrogens (tertiary/aromatic N) is 3. The van der Waals surface area contributed by atoms with Gasteiger partial charge in [0, 0.05) is 43.4 Å². The molecule has 1 aromatic heterocycles. The van der Waals surface area contributed by atoms with E-state index in [2.05, 4.69) is 41.8 Å². The Bertz CT molecular complexity index is 775. The highest BCUT2D eigenvalue weighted by Gasteiger charge is 2.23. The average Bonchev–Trinajstić information content (AvgIpc) is 2.69. The van der Waals surface area contributed by atoms with Gasteiger partial charge in [-0.1, -0.05) is 28.1 Å². The van der Waals surface area contributed by atoms with Gasteiger partial charge in [-0.2, -0.15) is 4.98 Å². The molecule has 1 saturated carbocycles. The summed E-state index contributed by atoms with van der Waals surface area (Å²) in [6.45, 7) is 0.523. The quantitative estimate of drug-likeness (QED) is 0.631. The average molecular weight is 447 g/mol. The molecule has 2 aromatic rings. The number of halogens is 1. The Labute approximate surface area is 174 Å². The number of rotatable bonds is 6. The van der Waals surface area contributed by atoms with Crippen molar-refractivity contribution in [2.45, 2.75) is 44.3 Å². The van der Waals surface area contributed by atoms with Crippen LogP contribution in [0, 0.1) is 0 Å². The molecule has 1 aliphatic carbocycles. The number of carbonyl (C=O) groups is 1. The highest BCUT2D eigenvalue weighted by Crippen LogP contribution is 2.21. The van der Waals surface area contributed by atoms with Crippen molar-refractivity contribution >= 4 is 33.7 Å². The summed E-state index contributed by atoms with van der Waals surface area (Å²) in [7, 11) is 3.93. The van der Waals surface area contributed by atoms with Crippen LogP contribution in [0.2, 0.25) is 0 Å². The topological polar surface area (TPSA) is 82.2 Å². The van der Waals surface area contributed by atoms with Crippen LogP contribution in [0.15, 0.2) is 41.0 Å². The van der Waals surface area contributed by atoms with Crippen LogP contribution in [0.25, 0.3) is 0 Å². The van der Waals surface area contributed by atoms with Crippen molar-refractivity contribution in [1.29, 1.82) is 0 Å². The van der Waals surface area contributed by atoms with Crippen LogP contribution in [0.3, 0.4) is 0 Å². The minimum Gasteiger partial charge on any atom is -0.363 e. The Kier molecular flexibility index (Phi) is 7.08. The molecular formula is C20H27BrN6O. The third kappa shape index (κ3) is 6.09. The highest BCUT2D eigenvalue weighted by molar-refractivity contribution is 9.10. The molecule has 0 unspecified atom stereocenters. The summed E-state index contributed by atoms with van der Waals surface area (Å²) in [6.07, 6.45) is 5.61. The minimum atomic E-state index is -0.110. The van der Waals surface area contributed by atoms with E-state index in [4.69, 9.17) is 0 Å². The van der Waals surface area contributed by atoms with Crippen molar-refractivity contribution in [3.8, 4) is 0 Å². The van der Waals surface area contributed by atoms with Crippen LogP contribution < -0.4 is 20.9 Å². The Balaban J connectivity index is 1.39. The maximum atomic E-state index is 12.2. The second-order valence-corrected chi connectivity index (χ2v) is 8.19. The monoisotopic (exact) mass is 446 g/mol. The van der Waals surface area contributed by atoms with Crippen LogP contribution in [-0.2, 0) is 6.54 Å². The molecule has 3 rings (SSSR count). The van der Waals surface area contributed by atoms with E-state index in [1.807, 2.05) is 49.3 Å². The largest absolute Gasteiger partial charge is 0.363 e. The normalized spacial score (nSPS) is 19.0. The molecule has 150 valence electrons. The SMILES string of the molecule is CN(C)c1ccnc(N[C@H]2CC[C@@H](NC(=O)NCc3ccc(Br)cc3)CC2)n1. The van der Waals surface area contributed by atoms with Crippen LogP contribution in [0.5, 0.6) is 0 Å². The minimum absolute atomic E-state index is 0.110. The zero-order chi connectivity index (χ0) is 19.9. The predicted molar refractivity (Wildman–Crippen MR) is 116 cm³/mol. The number of urea groups is 1. The summed E-state index contributed by atoms with van der Waals surface area (Å²) >= 11 is 3.41. The number of hydrogen-bond donors (Lipinski definition) is 3. The van der Waals surface area contributed by atoms with E-state index in [0.717, 1.165) is 41.5 Å². The summed E-state index contributed by atoms with van der Waals surface area (Å²) in [5.41, 5.74) is 1.08. The molecule has 2 amide bonds. The molecule has 0 spiro atoms. The van der Waals surface area contributed by atoms with Crippen LogP contribution >= 0.6 is 15.9 Å². The lowest BCUT2D eigenvalue weighted by Crippen LogP contribution is -2.44. The third-order valence-corrected chi connectivity index (χ3v) is 5.39. The molecule has 1 aliphatic rings. The molecule has 3 N–H and O–H groups in total. The van der Waals surface area contributed by atoms with Gasteiger partial charge in [-0.25, -0.2) is 9.78 Å². The summed E-state index contributed by atoms with van der Waals surface area (Å²) in [6, 6.07) is 10.3. The Hall–Kier alpha value is -2.35. The van der Waals surface area contributed by atoms with Gasteiger partial charge in [-0.3, -0.25) is 0 Å². The zero-order valence-corrected chi connectivity index (χ0v) is 17.9. The van der Waals surface area contributed by atoms with Crippen molar-refractivity contribution < 1.29 is 4.79 Å². The zero-order valence-electron chi connectivity index (χ0n) is 16.3. The number of hydrogen-bond acceptors (Lipinski definition) is 5. The maximum absolute atomic E-state index is 12.2. The summed E-state index contributed by atoms with van der Waals surface area (Å²) < 4.78 is 1.03. The van der Waals surface area contributed by atoms with Crippen LogP contribution in [0.1, 0.15) is 31.2 Å². The van der Waals surface area contributed by atoms with E-state index in [-0.39, 0.29) is 12.1 Å². The lowest BCUT2D eigenvalue weighted by Gasteiger charge is -2.29. The van der Waals surface area contributed by atoms with Gasteiger partial charge in [0.05, 0.1) is 0 Å². The smallest absolute Gasteiger partial charge is 0.315 e. The molecule has 1 fully saturated rings. The van der Waals surface area contributed by atoms with E-state index in [1.165, 1.54) is 0 Å². The third-order valence-electron chi connectivity index (χ3n) is 4.86. The highest BCUT2D eigenvalue weighted by atomic mass is 79.9. The first kappa shape index (κ1) is 20.4. The van der Waals surface area contributed by atoms with Gasteiger partial charge in [0.25, 0.3) is 0 Å². The lowest BCUT2D eigenvalue weighted by atomic mass is 9.91. The fraction of sp³-hybridized carbons (Fsp3) is 0.450. The molecule has 0 bridgehead atoms. The first-order valence-corrected chi connectivity index (χ1v) is 10.3. The lowest BCUT2D eigenvalue weighted by molar-refractivity contribution is 0.231. The number of carbonyl (C=O) groups excluding carboxylic acids is 1. The maximum Gasteiger partial charge on any atom is 0.315 e. The molecule has 28 heavy (non-hydrogen) atoms. The van der Waals surface area contributed by atoms with Gasteiger partial charge in [-0.15, -0.1) is 0 Å². The fourth-order valence-corrected chi connectivity index (χ4v) is 3.52. The number of benzene rings is 1. The molecule has 0 aliphatic heterocycles. The van der Waals surface area contributed by atoms with Crippen molar-refractivity contribution in [3.05, 3.63) is 46.6 Å². The first-order valence-electron chi connectivity index (χ1n) is 9.55. The van der Waals surface area contributed by atoms with Gasteiger partial charge in [0.1, 0.15) is 5.82 Å². The predicted octanol–water partition coefficient (Wildman–Crippen LogP) is 3.53.